The monoisotopic (exact) mass is 179 g/mol. The zero-order valence-corrected chi connectivity index (χ0v) is 7.78. The highest BCUT2D eigenvalue weighted by atomic mass is 16.5. The molecule has 0 aliphatic heterocycles. The minimum absolute atomic E-state index is 0.432. The molecule has 0 fully saturated rings. The first kappa shape index (κ1) is 9.74. The number of methoxy groups -OCH3 is 1. The van der Waals surface area contributed by atoms with E-state index in [2.05, 4.69) is 4.74 Å². The number of carbonyl (C=O) groups is 1. The number of esters is 1. The molecule has 1 aromatic carbocycles. The van der Waals surface area contributed by atoms with Crippen LogP contribution in [-0.4, -0.2) is 13.1 Å². The molecule has 0 heterocycles. The highest BCUT2D eigenvalue weighted by Crippen LogP contribution is 2.18. The summed E-state index contributed by atoms with van der Waals surface area (Å²) in [6.07, 6.45) is 0. The number of carbonyl (C=O) groups excluding carboxylic acids is 1. The van der Waals surface area contributed by atoms with Crippen LogP contribution in [0.2, 0.25) is 0 Å². The van der Waals surface area contributed by atoms with Gasteiger partial charge in [-0.3, -0.25) is 0 Å². The van der Waals surface area contributed by atoms with E-state index in [1.165, 1.54) is 7.11 Å². The first-order valence-corrected chi connectivity index (χ1v) is 4.02. The SMILES string of the molecule is COC(=O)C(C)(N)c1ccccc1. The van der Waals surface area contributed by atoms with Crippen molar-refractivity contribution in [2.45, 2.75) is 12.5 Å². The van der Waals surface area contributed by atoms with Gasteiger partial charge in [0.1, 0.15) is 5.54 Å². The number of benzene rings is 1. The van der Waals surface area contributed by atoms with Crippen LogP contribution in [0.25, 0.3) is 0 Å². The van der Waals surface area contributed by atoms with Gasteiger partial charge in [-0.15, -0.1) is 0 Å². The summed E-state index contributed by atoms with van der Waals surface area (Å²) in [5, 5.41) is 0. The van der Waals surface area contributed by atoms with Crippen LogP contribution in [0, 0.1) is 0 Å². The highest BCUT2D eigenvalue weighted by molar-refractivity contribution is 5.81. The lowest BCUT2D eigenvalue weighted by Gasteiger charge is -2.21. The molecule has 0 saturated carbocycles. The summed E-state index contributed by atoms with van der Waals surface area (Å²) in [5.41, 5.74) is 5.51. The molecule has 1 rings (SSSR count). The van der Waals surface area contributed by atoms with E-state index < -0.39 is 11.5 Å². The Morgan fingerprint density at radius 3 is 2.38 bits per heavy atom. The van der Waals surface area contributed by atoms with Crippen LogP contribution in [-0.2, 0) is 15.1 Å². The lowest BCUT2D eigenvalue weighted by molar-refractivity contribution is -0.146. The third-order valence-corrected chi connectivity index (χ3v) is 1.98. The number of nitrogens with two attached hydrogens (primary N) is 1. The zero-order chi connectivity index (χ0) is 9.90. The summed E-state index contributed by atoms with van der Waals surface area (Å²) in [4.78, 5) is 11.3. The fourth-order valence-electron chi connectivity index (χ4n) is 1.11. The fraction of sp³-hybridized carbons (Fsp3) is 0.300. The van der Waals surface area contributed by atoms with Gasteiger partial charge in [-0.1, -0.05) is 30.3 Å². The quantitative estimate of drug-likeness (QED) is 0.690. The molecule has 3 heteroatoms. The summed E-state index contributed by atoms with van der Waals surface area (Å²) in [6, 6.07) is 9.15. The Morgan fingerprint density at radius 1 is 1.38 bits per heavy atom. The number of hydrogen-bond donors (Lipinski definition) is 1. The molecular formula is C10H13NO2. The Labute approximate surface area is 77.5 Å². The van der Waals surface area contributed by atoms with Gasteiger partial charge in [0.15, 0.2) is 0 Å². The maximum atomic E-state index is 11.3. The molecule has 1 atom stereocenters. The molecule has 70 valence electrons. The Hall–Kier alpha value is -1.35. The third-order valence-electron chi connectivity index (χ3n) is 1.98. The molecule has 0 aromatic heterocycles. The minimum atomic E-state index is -1.06. The molecule has 0 aliphatic carbocycles. The molecule has 0 spiro atoms. The molecule has 2 N–H and O–H groups in total. The van der Waals surface area contributed by atoms with Gasteiger partial charge in [0.2, 0.25) is 0 Å². The van der Waals surface area contributed by atoms with Crippen molar-refractivity contribution < 1.29 is 9.53 Å². The van der Waals surface area contributed by atoms with Gasteiger partial charge < -0.3 is 10.5 Å². The van der Waals surface area contributed by atoms with E-state index in [-0.39, 0.29) is 0 Å². The molecule has 1 unspecified atom stereocenters. The summed E-state index contributed by atoms with van der Waals surface area (Å²) in [7, 11) is 1.33. The fourth-order valence-corrected chi connectivity index (χ4v) is 1.11. The van der Waals surface area contributed by atoms with E-state index in [4.69, 9.17) is 5.73 Å². The minimum Gasteiger partial charge on any atom is -0.467 e. The van der Waals surface area contributed by atoms with Gasteiger partial charge in [0, 0.05) is 0 Å². The number of hydrogen-bond acceptors (Lipinski definition) is 3. The van der Waals surface area contributed by atoms with E-state index in [1.54, 1.807) is 19.1 Å². The smallest absolute Gasteiger partial charge is 0.330 e. The molecule has 1 aromatic rings. The lowest BCUT2D eigenvalue weighted by atomic mass is 9.94. The Balaban J connectivity index is 3.00. The van der Waals surface area contributed by atoms with Gasteiger partial charge in [-0.05, 0) is 12.5 Å². The van der Waals surface area contributed by atoms with Crippen molar-refractivity contribution in [1.29, 1.82) is 0 Å². The molecule has 0 bridgehead atoms. The highest BCUT2D eigenvalue weighted by Gasteiger charge is 2.31. The molecule has 0 radical (unpaired) electrons. The van der Waals surface area contributed by atoms with Crippen LogP contribution in [0.4, 0.5) is 0 Å². The summed E-state index contributed by atoms with van der Waals surface area (Å²) >= 11 is 0. The second-order valence-corrected chi connectivity index (χ2v) is 3.06. The average molecular weight is 179 g/mol. The molecule has 0 amide bonds. The van der Waals surface area contributed by atoms with Crippen LogP contribution in [0.5, 0.6) is 0 Å². The van der Waals surface area contributed by atoms with Gasteiger partial charge >= 0.3 is 5.97 Å². The van der Waals surface area contributed by atoms with Gasteiger partial charge in [-0.2, -0.15) is 0 Å². The van der Waals surface area contributed by atoms with Crippen molar-refractivity contribution in [3.05, 3.63) is 35.9 Å². The van der Waals surface area contributed by atoms with Gasteiger partial charge in [-0.25, -0.2) is 4.79 Å². The van der Waals surface area contributed by atoms with Crippen molar-refractivity contribution in [2.75, 3.05) is 7.11 Å². The average Bonchev–Trinajstić information content (AvgIpc) is 2.18. The van der Waals surface area contributed by atoms with Crippen LogP contribution in [0.3, 0.4) is 0 Å². The lowest BCUT2D eigenvalue weighted by Crippen LogP contribution is -2.42. The standard InChI is InChI=1S/C10H13NO2/c1-10(11,9(12)13-2)8-6-4-3-5-7-8/h3-7H,11H2,1-2H3. The molecule has 13 heavy (non-hydrogen) atoms. The van der Waals surface area contributed by atoms with Crippen LogP contribution in [0.15, 0.2) is 30.3 Å². The molecule has 0 aliphatic rings. The molecular weight excluding hydrogens is 166 g/mol. The number of rotatable bonds is 2. The van der Waals surface area contributed by atoms with Gasteiger partial charge in [0.05, 0.1) is 7.11 Å². The normalized spacial score (nSPS) is 14.7. The predicted octanol–water partition coefficient (Wildman–Crippen LogP) is 1.03. The van der Waals surface area contributed by atoms with Crippen molar-refractivity contribution >= 4 is 5.97 Å². The Kier molecular flexibility index (Phi) is 2.68. The molecule has 0 saturated heterocycles. The summed E-state index contributed by atoms with van der Waals surface area (Å²) < 4.78 is 4.61. The summed E-state index contributed by atoms with van der Waals surface area (Å²) in [5.74, 6) is -0.432. The van der Waals surface area contributed by atoms with E-state index in [9.17, 15) is 4.79 Å². The van der Waals surface area contributed by atoms with Crippen LogP contribution >= 0.6 is 0 Å². The second-order valence-electron chi connectivity index (χ2n) is 3.06. The maximum Gasteiger partial charge on any atom is 0.330 e. The van der Waals surface area contributed by atoms with Crippen molar-refractivity contribution in [3.8, 4) is 0 Å². The van der Waals surface area contributed by atoms with Crippen LogP contribution < -0.4 is 5.73 Å². The number of ether oxygens (including phenoxy) is 1. The largest absolute Gasteiger partial charge is 0.467 e. The molecule has 3 nitrogen and oxygen atoms in total. The van der Waals surface area contributed by atoms with Gasteiger partial charge in [0.25, 0.3) is 0 Å². The second kappa shape index (κ2) is 3.58. The van der Waals surface area contributed by atoms with Crippen molar-refractivity contribution in [3.63, 3.8) is 0 Å². The zero-order valence-electron chi connectivity index (χ0n) is 7.78. The van der Waals surface area contributed by atoms with E-state index in [0.717, 1.165) is 5.56 Å². The first-order valence-electron chi connectivity index (χ1n) is 4.02. The summed E-state index contributed by atoms with van der Waals surface area (Å²) in [6.45, 7) is 1.63. The topological polar surface area (TPSA) is 52.3 Å². The van der Waals surface area contributed by atoms with E-state index in [1.807, 2.05) is 18.2 Å². The van der Waals surface area contributed by atoms with Crippen LogP contribution in [0.1, 0.15) is 12.5 Å². The van der Waals surface area contributed by atoms with E-state index >= 15 is 0 Å². The first-order chi connectivity index (χ1) is 6.09. The predicted molar refractivity (Wildman–Crippen MR) is 50.0 cm³/mol. The van der Waals surface area contributed by atoms with Crippen molar-refractivity contribution in [2.24, 2.45) is 5.73 Å². The van der Waals surface area contributed by atoms with Crippen molar-refractivity contribution in [1.82, 2.24) is 0 Å². The van der Waals surface area contributed by atoms with E-state index in [0.29, 0.717) is 0 Å². The maximum absolute atomic E-state index is 11.3. The Bertz CT molecular complexity index is 293. The Morgan fingerprint density at radius 2 is 1.92 bits per heavy atom. The third kappa shape index (κ3) is 1.87.